The first-order valence-electron chi connectivity index (χ1n) is 7.21. The number of amides is 1. The zero-order chi connectivity index (χ0) is 15.0. The van der Waals surface area contributed by atoms with Crippen LogP contribution in [0.2, 0.25) is 0 Å². The van der Waals surface area contributed by atoms with Crippen LogP contribution in [0.4, 0.5) is 0 Å². The molecule has 0 aromatic heterocycles. The highest BCUT2D eigenvalue weighted by atomic mass is 16.5. The van der Waals surface area contributed by atoms with Crippen molar-refractivity contribution in [2.24, 2.45) is 0 Å². The summed E-state index contributed by atoms with van der Waals surface area (Å²) < 4.78 is 5.51. The number of benzene rings is 1. The van der Waals surface area contributed by atoms with Crippen molar-refractivity contribution in [3.8, 4) is 0 Å². The van der Waals surface area contributed by atoms with E-state index in [4.69, 9.17) is 9.84 Å². The normalized spacial score (nSPS) is 19.0. The molecule has 0 spiro atoms. The number of aromatic carboxylic acids is 1. The number of carboxylic acid groups (broad SMARTS) is 1. The fourth-order valence-corrected chi connectivity index (χ4v) is 3.12. The highest BCUT2D eigenvalue weighted by molar-refractivity contribution is 5.88. The van der Waals surface area contributed by atoms with Gasteiger partial charge in [-0.2, -0.15) is 0 Å². The Hall–Kier alpha value is -1.88. The molecule has 5 nitrogen and oxygen atoms in total. The minimum atomic E-state index is -0.935. The molecule has 1 amide bonds. The standard InChI is InChI=1S/C16H19NO4/c1-21-16(5-2-6-16)8-14(18)17-9-12-4-3-11(15(19)20)7-13(12)10-17/h3-4,7H,2,5-6,8-10H2,1H3,(H,19,20). The van der Waals surface area contributed by atoms with Crippen LogP contribution in [0.25, 0.3) is 0 Å². The van der Waals surface area contributed by atoms with E-state index in [1.165, 1.54) is 0 Å². The predicted molar refractivity (Wildman–Crippen MR) is 75.9 cm³/mol. The van der Waals surface area contributed by atoms with Gasteiger partial charge < -0.3 is 14.7 Å². The lowest BCUT2D eigenvalue weighted by atomic mass is 9.77. The number of rotatable bonds is 4. The molecule has 1 aliphatic heterocycles. The number of methoxy groups -OCH3 is 1. The Morgan fingerprint density at radius 1 is 1.29 bits per heavy atom. The van der Waals surface area contributed by atoms with Crippen molar-refractivity contribution in [3.63, 3.8) is 0 Å². The smallest absolute Gasteiger partial charge is 0.335 e. The number of hydrogen-bond acceptors (Lipinski definition) is 3. The molecule has 1 N–H and O–H groups in total. The summed E-state index contributed by atoms with van der Waals surface area (Å²) in [5, 5.41) is 9.02. The van der Waals surface area contributed by atoms with Crippen LogP contribution in [0.3, 0.4) is 0 Å². The van der Waals surface area contributed by atoms with E-state index in [2.05, 4.69) is 0 Å². The van der Waals surface area contributed by atoms with Crippen LogP contribution >= 0.6 is 0 Å². The summed E-state index contributed by atoms with van der Waals surface area (Å²) in [4.78, 5) is 25.2. The van der Waals surface area contributed by atoms with Gasteiger partial charge in [0.25, 0.3) is 0 Å². The second-order valence-electron chi connectivity index (χ2n) is 5.96. The summed E-state index contributed by atoms with van der Waals surface area (Å²) >= 11 is 0. The number of carboxylic acids is 1. The molecule has 0 saturated heterocycles. The van der Waals surface area contributed by atoms with Gasteiger partial charge in [-0.25, -0.2) is 4.79 Å². The molecule has 5 heteroatoms. The maximum Gasteiger partial charge on any atom is 0.335 e. The molecule has 1 saturated carbocycles. The van der Waals surface area contributed by atoms with E-state index in [1.54, 1.807) is 24.1 Å². The van der Waals surface area contributed by atoms with Crippen molar-refractivity contribution < 1.29 is 19.4 Å². The van der Waals surface area contributed by atoms with Crippen molar-refractivity contribution in [3.05, 3.63) is 34.9 Å². The molecule has 1 aromatic rings. The first-order chi connectivity index (χ1) is 10.0. The van der Waals surface area contributed by atoms with Crippen molar-refractivity contribution in [2.45, 2.75) is 44.4 Å². The Kier molecular flexibility index (Phi) is 3.45. The average molecular weight is 289 g/mol. The second-order valence-corrected chi connectivity index (χ2v) is 5.96. The lowest BCUT2D eigenvalue weighted by molar-refractivity contribution is -0.144. The molecule has 1 heterocycles. The third-order valence-electron chi connectivity index (χ3n) is 4.70. The van der Waals surface area contributed by atoms with Gasteiger partial charge in [-0.1, -0.05) is 6.07 Å². The van der Waals surface area contributed by atoms with Gasteiger partial charge >= 0.3 is 5.97 Å². The molecular formula is C16H19NO4. The van der Waals surface area contributed by atoms with E-state index in [0.717, 1.165) is 30.4 Å². The van der Waals surface area contributed by atoms with Crippen LogP contribution in [0, 0.1) is 0 Å². The molecule has 21 heavy (non-hydrogen) atoms. The molecule has 0 bridgehead atoms. The Morgan fingerprint density at radius 3 is 2.57 bits per heavy atom. The fourth-order valence-electron chi connectivity index (χ4n) is 3.12. The van der Waals surface area contributed by atoms with Gasteiger partial charge in [0.05, 0.1) is 17.6 Å². The predicted octanol–water partition coefficient (Wildman–Crippen LogP) is 2.19. The van der Waals surface area contributed by atoms with Gasteiger partial charge in [-0.3, -0.25) is 4.79 Å². The van der Waals surface area contributed by atoms with Gasteiger partial charge in [-0.05, 0) is 42.5 Å². The van der Waals surface area contributed by atoms with Crippen LogP contribution in [0.5, 0.6) is 0 Å². The summed E-state index contributed by atoms with van der Waals surface area (Å²) in [6.45, 7) is 1.06. The third-order valence-corrected chi connectivity index (χ3v) is 4.70. The van der Waals surface area contributed by atoms with Crippen molar-refractivity contribution in [2.75, 3.05) is 7.11 Å². The first-order valence-corrected chi connectivity index (χ1v) is 7.21. The monoisotopic (exact) mass is 289 g/mol. The highest BCUT2D eigenvalue weighted by Gasteiger charge is 2.40. The zero-order valence-electron chi connectivity index (χ0n) is 12.1. The van der Waals surface area contributed by atoms with Crippen LogP contribution in [0.1, 0.15) is 47.2 Å². The zero-order valence-corrected chi connectivity index (χ0v) is 12.1. The molecule has 1 aliphatic carbocycles. The number of carbonyl (C=O) groups excluding carboxylic acids is 1. The Balaban J connectivity index is 1.69. The summed E-state index contributed by atoms with van der Waals surface area (Å²) in [7, 11) is 1.67. The van der Waals surface area contributed by atoms with Gasteiger partial charge in [0.1, 0.15) is 0 Å². The van der Waals surface area contributed by atoms with Crippen molar-refractivity contribution >= 4 is 11.9 Å². The largest absolute Gasteiger partial charge is 0.478 e. The van der Waals surface area contributed by atoms with Crippen LogP contribution < -0.4 is 0 Å². The maximum atomic E-state index is 12.4. The first kappa shape index (κ1) is 14.1. The Bertz CT molecular complexity index is 586. The number of fused-ring (bicyclic) bond motifs is 1. The van der Waals surface area contributed by atoms with Crippen molar-refractivity contribution in [1.82, 2.24) is 4.90 Å². The second kappa shape index (κ2) is 5.15. The van der Waals surface area contributed by atoms with Crippen LogP contribution in [-0.2, 0) is 22.6 Å². The topological polar surface area (TPSA) is 66.8 Å². The van der Waals surface area contributed by atoms with Gasteiger partial charge in [0, 0.05) is 20.2 Å². The molecule has 2 aliphatic rings. The van der Waals surface area contributed by atoms with Gasteiger partial charge in [-0.15, -0.1) is 0 Å². The summed E-state index contributed by atoms with van der Waals surface area (Å²) in [5.41, 5.74) is 1.98. The van der Waals surface area contributed by atoms with E-state index in [1.807, 2.05) is 6.07 Å². The lowest BCUT2D eigenvalue weighted by Crippen LogP contribution is -2.44. The van der Waals surface area contributed by atoms with Gasteiger partial charge in [0.15, 0.2) is 0 Å². The van der Waals surface area contributed by atoms with E-state index in [-0.39, 0.29) is 17.1 Å². The van der Waals surface area contributed by atoms with E-state index >= 15 is 0 Å². The number of ether oxygens (including phenoxy) is 1. The van der Waals surface area contributed by atoms with E-state index < -0.39 is 5.97 Å². The summed E-state index contributed by atoms with van der Waals surface area (Å²) in [6, 6.07) is 5.07. The minimum absolute atomic E-state index is 0.0876. The van der Waals surface area contributed by atoms with Crippen molar-refractivity contribution in [1.29, 1.82) is 0 Å². The molecule has 0 radical (unpaired) electrons. The quantitative estimate of drug-likeness (QED) is 0.922. The Labute approximate surface area is 123 Å². The molecule has 1 fully saturated rings. The van der Waals surface area contributed by atoms with Crippen LogP contribution in [-0.4, -0.2) is 34.6 Å². The average Bonchev–Trinajstić information content (AvgIpc) is 2.85. The van der Waals surface area contributed by atoms with E-state index in [0.29, 0.717) is 19.5 Å². The number of nitrogens with zero attached hydrogens (tertiary/aromatic N) is 1. The van der Waals surface area contributed by atoms with Crippen LogP contribution in [0.15, 0.2) is 18.2 Å². The Morgan fingerprint density at radius 2 is 2.00 bits per heavy atom. The lowest BCUT2D eigenvalue weighted by Gasteiger charge is -2.40. The molecule has 1 aromatic carbocycles. The number of hydrogen-bond donors (Lipinski definition) is 1. The highest BCUT2D eigenvalue weighted by Crippen LogP contribution is 2.39. The number of carbonyl (C=O) groups is 2. The molecule has 0 atom stereocenters. The molecule has 112 valence electrons. The molecule has 0 unspecified atom stereocenters. The summed E-state index contributed by atoms with van der Waals surface area (Å²) in [6.07, 6.45) is 3.42. The fraction of sp³-hybridized carbons (Fsp3) is 0.500. The maximum absolute atomic E-state index is 12.4. The third kappa shape index (κ3) is 2.53. The SMILES string of the molecule is COC1(CC(=O)N2Cc3ccc(C(=O)O)cc3C2)CCC1. The molecule has 3 rings (SSSR count). The molecular weight excluding hydrogens is 270 g/mol. The minimum Gasteiger partial charge on any atom is -0.478 e. The van der Waals surface area contributed by atoms with E-state index in [9.17, 15) is 9.59 Å². The van der Waals surface area contributed by atoms with Gasteiger partial charge in [0.2, 0.25) is 5.91 Å². The summed E-state index contributed by atoms with van der Waals surface area (Å²) in [5.74, 6) is -0.847.